The summed E-state index contributed by atoms with van der Waals surface area (Å²) in [6.45, 7) is 5.81. The largest absolute Gasteiger partial charge is 0.466 e. The topological polar surface area (TPSA) is 82.8 Å². The minimum Gasteiger partial charge on any atom is -0.466 e. The number of ether oxygens (including phenoxy) is 1. The Bertz CT molecular complexity index is 568. The molecule has 7 heteroatoms. The minimum atomic E-state index is -0.338. The molecule has 2 aromatic heterocycles. The average Bonchev–Trinajstić information content (AvgIpc) is 2.92. The normalized spacial score (nSPS) is 12.2. The van der Waals surface area contributed by atoms with Crippen LogP contribution in [0.3, 0.4) is 0 Å². The molecule has 2 rings (SSSR count). The van der Waals surface area contributed by atoms with Crippen molar-refractivity contribution in [2.24, 2.45) is 0 Å². The number of hydrogen-bond acceptors (Lipinski definition) is 6. The van der Waals surface area contributed by atoms with E-state index in [0.717, 1.165) is 11.3 Å². The van der Waals surface area contributed by atoms with Gasteiger partial charge in [-0.2, -0.15) is 4.68 Å². The lowest BCUT2D eigenvalue weighted by molar-refractivity contribution is -0.144. The first-order chi connectivity index (χ1) is 9.13. The number of pyridine rings is 1. The van der Waals surface area contributed by atoms with Gasteiger partial charge < -0.3 is 4.74 Å². The van der Waals surface area contributed by atoms with Crippen molar-refractivity contribution in [3.63, 3.8) is 0 Å². The van der Waals surface area contributed by atoms with E-state index in [2.05, 4.69) is 20.5 Å². The van der Waals surface area contributed by atoms with Crippen molar-refractivity contribution in [3.8, 4) is 5.82 Å². The molecular formula is C12H15N5O2. The summed E-state index contributed by atoms with van der Waals surface area (Å²) in [5.74, 6) is 0.0280. The van der Waals surface area contributed by atoms with E-state index in [1.807, 2.05) is 13.0 Å². The van der Waals surface area contributed by atoms with Crippen LogP contribution in [0.4, 0.5) is 0 Å². The van der Waals surface area contributed by atoms with Crippen LogP contribution in [-0.2, 0) is 9.53 Å². The molecule has 0 amide bonds. The van der Waals surface area contributed by atoms with Crippen molar-refractivity contribution in [3.05, 3.63) is 29.7 Å². The highest BCUT2D eigenvalue weighted by Gasteiger charge is 2.19. The quantitative estimate of drug-likeness (QED) is 0.764. The van der Waals surface area contributed by atoms with Crippen LogP contribution >= 0.6 is 0 Å². The third kappa shape index (κ3) is 2.75. The lowest BCUT2D eigenvalue weighted by Gasteiger charge is -2.13. The zero-order valence-electron chi connectivity index (χ0n) is 11.1. The van der Waals surface area contributed by atoms with E-state index in [4.69, 9.17) is 4.74 Å². The number of aryl methyl sites for hydroxylation is 1. The molecule has 0 bridgehead atoms. The second-order valence-electron chi connectivity index (χ2n) is 4.07. The third-order valence-electron chi connectivity index (χ3n) is 2.80. The highest BCUT2D eigenvalue weighted by molar-refractivity contribution is 5.78. The fraction of sp³-hybridized carbons (Fsp3) is 0.417. The van der Waals surface area contributed by atoms with Crippen molar-refractivity contribution in [2.45, 2.75) is 26.7 Å². The average molecular weight is 261 g/mol. The summed E-state index contributed by atoms with van der Waals surface area (Å²) in [7, 11) is 0. The Labute approximate surface area is 110 Å². The van der Waals surface area contributed by atoms with Crippen LogP contribution in [0, 0.1) is 6.92 Å². The lowest BCUT2D eigenvalue weighted by Crippen LogP contribution is -2.15. The number of carbonyl (C=O) groups excluding carboxylic acids is 1. The van der Waals surface area contributed by atoms with Crippen molar-refractivity contribution >= 4 is 5.97 Å². The van der Waals surface area contributed by atoms with Gasteiger partial charge in [0.25, 0.3) is 0 Å². The standard InChI is InChI=1S/C12H15N5O2/c1-4-19-12(18)8(2)10-5-6-11(14-9(10)3)17-7-13-15-16-17/h5-8H,4H2,1-3H3/t8-/m1/s1. The maximum atomic E-state index is 11.7. The molecule has 0 spiro atoms. The van der Waals surface area contributed by atoms with Gasteiger partial charge >= 0.3 is 5.97 Å². The van der Waals surface area contributed by atoms with E-state index in [0.29, 0.717) is 12.4 Å². The lowest BCUT2D eigenvalue weighted by atomic mass is 10.00. The fourth-order valence-corrected chi connectivity index (χ4v) is 1.80. The van der Waals surface area contributed by atoms with Crippen LogP contribution in [0.5, 0.6) is 0 Å². The Morgan fingerprint density at radius 2 is 2.26 bits per heavy atom. The van der Waals surface area contributed by atoms with Crippen LogP contribution in [0.25, 0.3) is 5.82 Å². The molecule has 1 atom stereocenters. The minimum absolute atomic E-state index is 0.248. The highest BCUT2D eigenvalue weighted by Crippen LogP contribution is 2.20. The number of nitrogens with zero attached hydrogens (tertiary/aromatic N) is 5. The van der Waals surface area contributed by atoms with Gasteiger partial charge in [0.15, 0.2) is 5.82 Å². The molecule has 2 aromatic rings. The van der Waals surface area contributed by atoms with E-state index in [9.17, 15) is 4.79 Å². The first-order valence-corrected chi connectivity index (χ1v) is 6.01. The monoisotopic (exact) mass is 261 g/mol. The molecule has 0 saturated carbocycles. The Kier molecular flexibility index (Phi) is 3.84. The van der Waals surface area contributed by atoms with Gasteiger partial charge in [-0.25, -0.2) is 4.98 Å². The highest BCUT2D eigenvalue weighted by atomic mass is 16.5. The molecule has 0 fully saturated rings. The van der Waals surface area contributed by atoms with Crippen molar-refractivity contribution in [2.75, 3.05) is 6.61 Å². The van der Waals surface area contributed by atoms with Crippen LogP contribution in [0.2, 0.25) is 0 Å². The van der Waals surface area contributed by atoms with Crippen LogP contribution < -0.4 is 0 Å². The molecule has 100 valence electrons. The second kappa shape index (κ2) is 5.55. The summed E-state index contributed by atoms with van der Waals surface area (Å²) in [5, 5.41) is 10.9. The van der Waals surface area contributed by atoms with E-state index in [1.54, 1.807) is 19.9 Å². The number of tetrazole rings is 1. The molecule has 0 unspecified atom stereocenters. The zero-order chi connectivity index (χ0) is 13.8. The Morgan fingerprint density at radius 3 is 2.84 bits per heavy atom. The second-order valence-corrected chi connectivity index (χ2v) is 4.07. The van der Waals surface area contributed by atoms with Crippen molar-refractivity contribution in [1.82, 2.24) is 25.2 Å². The maximum Gasteiger partial charge on any atom is 0.313 e. The number of rotatable bonds is 4. The van der Waals surface area contributed by atoms with Crippen molar-refractivity contribution in [1.29, 1.82) is 0 Å². The number of carbonyl (C=O) groups is 1. The smallest absolute Gasteiger partial charge is 0.313 e. The van der Waals surface area contributed by atoms with E-state index < -0.39 is 0 Å². The predicted octanol–water partition coefficient (Wildman–Crippen LogP) is 1.03. The Hall–Kier alpha value is -2.31. The number of esters is 1. The van der Waals surface area contributed by atoms with E-state index in [1.165, 1.54) is 11.0 Å². The van der Waals surface area contributed by atoms with Gasteiger partial charge in [0.05, 0.1) is 12.5 Å². The summed E-state index contributed by atoms with van der Waals surface area (Å²) in [4.78, 5) is 16.1. The summed E-state index contributed by atoms with van der Waals surface area (Å²) >= 11 is 0. The SMILES string of the molecule is CCOC(=O)[C@H](C)c1ccc(-n2cnnn2)nc1C. The van der Waals surface area contributed by atoms with Gasteiger partial charge in [0.2, 0.25) is 0 Å². The molecule has 2 heterocycles. The van der Waals surface area contributed by atoms with E-state index >= 15 is 0 Å². The molecule has 7 nitrogen and oxygen atoms in total. The molecule has 19 heavy (non-hydrogen) atoms. The zero-order valence-corrected chi connectivity index (χ0v) is 11.1. The predicted molar refractivity (Wildman–Crippen MR) is 66.7 cm³/mol. The first-order valence-electron chi connectivity index (χ1n) is 6.01. The number of aromatic nitrogens is 5. The summed E-state index contributed by atoms with van der Waals surface area (Å²) in [6, 6.07) is 3.62. The number of hydrogen-bond donors (Lipinski definition) is 0. The molecular weight excluding hydrogens is 246 g/mol. The molecule has 0 aliphatic heterocycles. The Morgan fingerprint density at radius 1 is 1.47 bits per heavy atom. The Balaban J connectivity index is 2.27. The van der Waals surface area contributed by atoms with Gasteiger partial charge in [0.1, 0.15) is 6.33 Å². The van der Waals surface area contributed by atoms with Gasteiger partial charge in [-0.05, 0) is 42.8 Å². The van der Waals surface area contributed by atoms with E-state index in [-0.39, 0.29) is 11.9 Å². The van der Waals surface area contributed by atoms with Gasteiger partial charge in [0, 0.05) is 5.69 Å². The third-order valence-corrected chi connectivity index (χ3v) is 2.80. The van der Waals surface area contributed by atoms with Crippen LogP contribution in [-0.4, -0.2) is 37.8 Å². The van der Waals surface area contributed by atoms with Crippen molar-refractivity contribution < 1.29 is 9.53 Å². The van der Waals surface area contributed by atoms with Gasteiger partial charge in [-0.3, -0.25) is 4.79 Å². The molecule has 0 radical (unpaired) electrons. The molecule has 0 aliphatic rings. The maximum absolute atomic E-state index is 11.7. The summed E-state index contributed by atoms with van der Waals surface area (Å²) < 4.78 is 6.48. The van der Waals surface area contributed by atoms with Crippen LogP contribution in [0.15, 0.2) is 18.5 Å². The summed E-state index contributed by atoms with van der Waals surface area (Å²) in [6.07, 6.45) is 1.47. The molecule has 0 aromatic carbocycles. The molecule has 0 N–H and O–H groups in total. The van der Waals surface area contributed by atoms with Gasteiger partial charge in [-0.1, -0.05) is 6.07 Å². The first kappa shape index (κ1) is 13.1. The fourth-order valence-electron chi connectivity index (χ4n) is 1.80. The molecule has 0 aliphatic carbocycles. The van der Waals surface area contributed by atoms with Gasteiger partial charge in [-0.15, -0.1) is 5.10 Å². The summed E-state index contributed by atoms with van der Waals surface area (Å²) in [5.41, 5.74) is 1.60. The molecule has 0 saturated heterocycles. The van der Waals surface area contributed by atoms with Crippen LogP contribution in [0.1, 0.15) is 31.0 Å².